The molecular weight excluding hydrogens is 841 g/mol. The largest absolute Gasteiger partial charge is 0.462 e. The zero-order valence-electron chi connectivity index (χ0n) is 45.1. The van der Waals surface area contributed by atoms with Crippen LogP contribution in [-0.2, 0) is 28.6 Å². The fourth-order valence-electron chi connectivity index (χ4n) is 8.37. The van der Waals surface area contributed by atoms with E-state index in [4.69, 9.17) is 14.2 Å². The van der Waals surface area contributed by atoms with Crippen molar-refractivity contribution in [2.45, 2.75) is 303 Å². The third-order valence-corrected chi connectivity index (χ3v) is 12.8. The van der Waals surface area contributed by atoms with Gasteiger partial charge in [0.15, 0.2) is 6.10 Å². The average Bonchev–Trinajstić information content (AvgIpc) is 3.34. The first kappa shape index (κ1) is 65.1. The lowest BCUT2D eigenvalue weighted by Gasteiger charge is -2.18. The molecule has 6 nitrogen and oxygen atoms in total. The third kappa shape index (κ3) is 54.1. The Morgan fingerprint density at radius 2 is 0.574 bits per heavy atom. The normalized spacial score (nSPS) is 12.5. The van der Waals surface area contributed by atoms with E-state index in [0.29, 0.717) is 19.3 Å². The molecule has 1 unspecified atom stereocenters. The summed E-state index contributed by atoms with van der Waals surface area (Å²) in [6, 6.07) is 0. The van der Waals surface area contributed by atoms with Gasteiger partial charge in [0.25, 0.3) is 0 Å². The Hall–Kier alpha value is -2.89. The van der Waals surface area contributed by atoms with Crippen molar-refractivity contribution >= 4 is 17.9 Å². The van der Waals surface area contributed by atoms with Gasteiger partial charge in [0.05, 0.1) is 0 Å². The van der Waals surface area contributed by atoms with Crippen LogP contribution >= 0.6 is 0 Å². The monoisotopic (exact) mass is 951 g/mol. The van der Waals surface area contributed by atoms with Crippen molar-refractivity contribution in [1.82, 2.24) is 0 Å². The van der Waals surface area contributed by atoms with E-state index in [1.807, 2.05) is 0 Å². The van der Waals surface area contributed by atoms with Gasteiger partial charge in [-0.2, -0.15) is 0 Å². The average molecular weight is 952 g/mol. The number of carbonyl (C=O) groups excluding carboxylic acids is 3. The van der Waals surface area contributed by atoms with Gasteiger partial charge < -0.3 is 14.2 Å². The summed E-state index contributed by atoms with van der Waals surface area (Å²) < 4.78 is 16.9. The van der Waals surface area contributed by atoms with Gasteiger partial charge in [0, 0.05) is 19.3 Å². The standard InChI is InChI=1S/C62H110O6/c1-4-7-10-13-16-19-22-25-28-30-31-32-35-37-40-43-46-49-52-55-61(64)67-58-59(57-66-60(63)54-51-48-45-42-39-36-33-27-24-21-18-15-12-9-6-3)68-62(65)56-53-50-47-44-41-38-34-29-26-23-20-17-14-11-8-5-2/h7,10,16,19,21,24-25,28,31-32,59H,4-6,8-9,11-15,17-18,20,22-23,26-27,29-30,33-58H2,1-3H3/b10-7-,19-16-,24-21-,28-25-,32-31-. The van der Waals surface area contributed by atoms with E-state index in [1.165, 1.54) is 167 Å². The van der Waals surface area contributed by atoms with Gasteiger partial charge >= 0.3 is 17.9 Å². The SMILES string of the molecule is CC/C=C\C/C=C\C/C=C\C/C=C\CCCCCCCCC(=O)OCC(COC(=O)CCCCCCCCC/C=C\CCCCCC)OC(=O)CCCCCCCCCCCCCCCCCC. The first-order valence-electron chi connectivity index (χ1n) is 29.3. The lowest BCUT2D eigenvalue weighted by Crippen LogP contribution is -2.30. The molecule has 0 N–H and O–H groups in total. The molecule has 0 aliphatic rings. The van der Waals surface area contributed by atoms with Crippen molar-refractivity contribution in [1.29, 1.82) is 0 Å². The highest BCUT2D eigenvalue weighted by Crippen LogP contribution is 2.16. The molecule has 0 saturated carbocycles. The van der Waals surface area contributed by atoms with E-state index in [2.05, 4.69) is 81.5 Å². The highest BCUT2D eigenvalue weighted by Gasteiger charge is 2.19. The van der Waals surface area contributed by atoms with E-state index in [-0.39, 0.29) is 31.1 Å². The summed E-state index contributed by atoms with van der Waals surface area (Å²) in [5.41, 5.74) is 0. The van der Waals surface area contributed by atoms with Crippen molar-refractivity contribution in [3.8, 4) is 0 Å². The zero-order valence-corrected chi connectivity index (χ0v) is 45.1. The highest BCUT2D eigenvalue weighted by atomic mass is 16.6. The molecule has 0 fully saturated rings. The Labute approximate surface area is 421 Å². The van der Waals surface area contributed by atoms with Crippen LogP contribution in [0, 0.1) is 0 Å². The number of ether oxygens (including phenoxy) is 3. The number of carbonyl (C=O) groups is 3. The molecule has 68 heavy (non-hydrogen) atoms. The van der Waals surface area contributed by atoms with E-state index < -0.39 is 6.10 Å². The minimum Gasteiger partial charge on any atom is -0.462 e. The van der Waals surface area contributed by atoms with Crippen LogP contribution in [0.15, 0.2) is 60.8 Å². The highest BCUT2D eigenvalue weighted by molar-refractivity contribution is 5.71. The summed E-state index contributed by atoms with van der Waals surface area (Å²) in [6.45, 7) is 6.53. The van der Waals surface area contributed by atoms with Crippen LogP contribution in [0.4, 0.5) is 0 Å². The smallest absolute Gasteiger partial charge is 0.306 e. The molecule has 0 heterocycles. The molecule has 6 heteroatoms. The molecule has 0 aromatic heterocycles. The first-order chi connectivity index (χ1) is 33.5. The van der Waals surface area contributed by atoms with Crippen molar-refractivity contribution in [2.24, 2.45) is 0 Å². The molecule has 0 saturated heterocycles. The second kappa shape index (κ2) is 56.7. The van der Waals surface area contributed by atoms with Crippen molar-refractivity contribution in [3.63, 3.8) is 0 Å². The molecule has 0 radical (unpaired) electrons. The lowest BCUT2D eigenvalue weighted by molar-refractivity contribution is -0.167. The topological polar surface area (TPSA) is 78.9 Å². The third-order valence-electron chi connectivity index (χ3n) is 12.8. The minimum absolute atomic E-state index is 0.0785. The van der Waals surface area contributed by atoms with Gasteiger partial charge in [0.2, 0.25) is 0 Å². The van der Waals surface area contributed by atoms with Crippen LogP contribution in [-0.4, -0.2) is 37.2 Å². The van der Waals surface area contributed by atoms with E-state index in [0.717, 1.165) is 89.9 Å². The second-order valence-corrected chi connectivity index (χ2v) is 19.5. The van der Waals surface area contributed by atoms with Crippen LogP contribution < -0.4 is 0 Å². The molecule has 0 aromatic rings. The van der Waals surface area contributed by atoms with Gasteiger partial charge in [-0.25, -0.2) is 0 Å². The Morgan fingerprint density at radius 1 is 0.309 bits per heavy atom. The summed E-state index contributed by atoms with van der Waals surface area (Å²) in [5.74, 6) is -0.883. The van der Waals surface area contributed by atoms with Crippen LogP contribution in [0.3, 0.4) is 0 Å². The molecule has 0 aromatic carbocycles. The Bertz CT molecular complexity index is 1230. The Kier molecular flexibility index (Phi) is 54.3. The summed E-state index contributed by atoms with van der Waals surface area (Å²) in [5, 5.41) is 0. The number of rotatable bonds is 53. The molecule has 0 rings (SSSR count). The second-order valence-electron chi connectivity index (χ2n) is 19.5. The van der Waals surface area contributed by atoms with Crippen LogP contribution in [0.25, 0.3) is 0 Å². The molecule has 0 aliphatic carbocycles. The molecule has 0 amide bonds. The predicted octanol–water partition coefficient (Wildman–Crippen LogP) is 19.6. The Balaban J connectivity index is 4.38. The van der Waals surface area contributed by atoms with E-state index >= 15 is 0 Å². The fourth-order valence-corrected chi connectivity index (χ4v) is 8.37. The molecule has 0 spiro atoms. The summed E-state index contributed by atoms with van der Waals surface area (Å²) in [6.07, 6.45) is 70.6. The Morgan fingerprint density at radius 3 is 0.926 bits per heavy atom. The van der Waals surface area contributed by atoms with Gasteiger partial charge in [-0.15, -0.1) is 0 Å². The maximum atomic E-state index is 12.9. The molecule has 0 bridgehead atoms. The number of esters is 3. The van der Waals surface area contributed by atoms with Gasteiger partial charge in [0.1, 0.15) is 13.2 Å². The first-order valence-corrected chi connectivity index (χ1v) is 29.3. The molecular formula is C62H110O6. The molecule has 394 valence electrons. The van der Waals surface area contributed by atoms with Crippen molar-refractivity contribution in [2.75, 3.05) is 13.2 Å². The summed E-state index contributed by atoms with van der Waals surface area (Å²) in [7, 11) is 0. The van der Waals surface area contributed by atoms with Gasteiger partial charge in [-0.1, -0.05) is 255 Å². The minimum atomic E-state index is -0.780. The maximum absolute atomic E-state index is 12.9. The van der Waals surface area contributed by atoms with E-state index in [9.17, 15) is 14.4 Å². The lowest BCUT2D eigenvalue weighted by atomic mass is 10.0. The van der Waals surface area contributed by atoms with Gasteiger partial charge in [-0.05, 0) is 83.5 Å². The molecule has 0 aliphatic heterocycles. The van der Waals surface area contributed by atoms with Crippen molar-refractivity contribution < 1.29 is 28.6 Å². The van der Waals surface area contributed by atoms with Gasteiger partial charge in [-0.3, -0.25) is 14.4 Å². The van der Waals surface area contributed by atoms with Crippen LogP contribution in [0.1, 0.15) is 297 Å². The maximum Gasteiger partial charge on any atom is 0.306 e. The van der Waals surface area contributed by atoms with Crippen molar-refractivity contribution in [3.05, 3.63) is 60.8 Å². The summed E-state index contributed by atoms with van der Waals surface area (Å²) in [4.78, 5) is 38.2. The zero-order chi connectivity index (χ0) is 49.3. The number of hydrogen-bond acceptors (Lipinski definition) is 6. The number of hydrogen-bond donors (Lipinski definition) is 0. The number of allylic oxidation sites excluding steroid dienone is 10. The molecule has 1 atom stereocenters. The number of unbranched alkanes of at least 4 members (excludes halogenated alkanes) is 32. The van der Waals surface area contributed by atoms with E-state index in [1.54, 1.807) is 0 Å². The predicted molar refractivity (Wildman–Crippen MR) is 293 cm³/mol. The fraction of sp³-hybridized carbons (Fsp3) is 0.790. The quantitative estimate of drug-likeness (QED) is 0.0262. The summed E-state index contributed by atoms with van der Waals surface area (Å²) >= 11 is 0. The van der Waals surface area contributed by atoms with Crippen LogP contribution in [0.5, 0.6) is 0 Å². The van der Waals surface area contributed by atoms with Crippen LogP contribution in [0.2, 0.25) is 0 Å².